The lowest BCUT2D eigenvalue weighted by Gasteiger charge is -2.31. The molecule has 188 valence electrons. The first kappa shape index (κ1) is 26.3. The van der Waals surface area contributed by atoms with Crippen LogP contribution in [-0.2, 0) is 14.3 Å². The van der Waals surface area contributed by atoms with Crippen LogP contribution in [0.1, 0.15) is 57.6 Å². The van der Waals surface area contributed by atoms with Gasteiger partial charge in [-0.25, -0.2) is 4.79 Å². The Morgan fingerprint density at radius 1 is 0.943 bits per heavy atom. The summed E-state index contributed by atoms with van der Waals surface area (Å²) in [4.78, 5) is 37.1. The van der Waals surface area contributed by atoms with Crippen molar-refractivity contribution in [3.8, 4) is 11.1 Å². The van der Waals surface area contributed by atoms with Crippen LogP contribution in [0.4, 0.5) is 4.79 Å². The van der Waals surface area contributed by atoms with Gasteiger partial charge in [-0.3, -0.25) is 9.59 Å². The Morgan fingerprint density at radius 2 is 1.49 bits per heavy atom. The zero-order valence-electron chi connectivity index (χ0n) is 21.0. The third-order valence-corrected chi connectivity index (χ3v) is 7.35. The minimum atomic E-state index is -0.935. The Kier molecular flexibility index (Phi) is 8.54. The maximum Gasteiger partial charge on any atom is 0.407 e. The predicted octanol–water partition coefficient (Wildman–Crippen LogP) is 4.80. The zero-order valence-corrected chi connectivity index (χ0v) is 21.0. The van der Waals surface area contributed by atoms with E-state index in [4.69, 9.17) is 4.74 Å². The van der Waals surface area contributed by atoms with Crippen LogP contribution < -0.4 is 10.6 Å². The van der Waals surface area contributed by atoms with Gasteiger partial charge in [0.15, 0.2) is 0 Å². The molecular weight excluding hydrogens is 444 g/mol. The molecule has 0 fully saturated rings. The molecule has 0 saturated carbocycles. The van der Waals surface area contributed by atoms with Crippen molar-refractivity contribution in [2.24, 2.45) is 17.3 Å². The van der Waals surface area contributed by atoms with Gasteiger partial charge in [-0.05, 0) is 41.0 Å². The van der Waals surface area contributed by atoms with Gasteiger partial charge >= 0.3 is 12.1 Å². The van der Waals surface area contributed by atoms with E-state index in [9.17, 15) is 19.5 Å². The number of benzene rings is 2. The lowest BCUT2D eigenvalue weighted by Crippen LogP contribution is -2.49. The average Bonchev–Trinajstić information content (AvgIpc) is 3.17. The van der Waals surface area contributed by atoms with Crippen molar-refractivity contribution in [3.63, 3.8) is 0 Å². The third-order valence-electron chi connectivity index (χ3n) is 7.35. The van der Waals surface area contributed by atoms with Gasteiger partial charge in [-0.1, -0.05) is 76.2 Å². The number of hydrogen-bond donors (Lipinski definition) is 3. The Bertz CT molecular complexity index is 1020. The predicted molar refractivity (Wildman–Crippen MR) is 135 cm³/mol. The molecule has 0 spiro atoms. The van der Waals surface area contributed by atoms with E-state index in [1.807, 2.05) is 52.0 Å². The molecule has 0 aliphatic heterocycles. The van der Waals surface area contributed by atoms with Crippen molar-refractivity contribution in [3.05, 3.63) is 59.7 Å². The number of aliphatic carboxylic acids is 1. The fourth-order valence-corrected chi connectivity index (χ4v) is 4.79. The standard InChI is InChI=1S/C28H36N2O5/c1-5-28(6-2,26(33)29-15-23(18(3)4)25(31)32)17-30-27(34)35-16-24-21-13-9-7-11-19(21)20-12-8-10-14-22(20)24/h7-14,18,23-24H,5-6,15-17H2,1-4H3,(H,29,33)(H,30,34)(H,31,32). The van der Waals surface area contributed by atoms with Crippen LogP contribution >= 0.6 is 0 Å². The molecule has 0 aromatic heterocycles. The topological polar surface area (TPSA) is 105 Å². The summed E-state index contributed by atoms with van der Waals surface area (Å²) in [5, 5.41) is 15.0. The fourth-order valence-electron chi connectivity index (χ4n) is 4.79. The smallest absolute Gasteiger partial charge is 0.407 e. The number of carbonyl (C=O) groups is 3. The van der Waals surface area contributed by atoms with E-state index >= 15 is 0 Å². The maximum absolute atomic E-state index is 13.0. The number of rotatable bonds is 11. The van der Waals surface area contributed by atoms with Crippen LogP contribution in [0.25, 0.3) is 11.1 Å². The average molecular weight is 481 g/mol. The summed E-state index contributed by atoms with van der Waals surface area (Å²) >= 11 is 0. The molecule has 0 heterocycles. The summed E-state index contributed by atoms with van der Waals surface area (Å²) in [5.74, 6) is -2.00. The molecule has 2 amide bonds. The summed E-state index contributed by atoms with van der Waals surface area (Å²) in [5.41, 5.74) is 3.74. The Balaban J connectivity index is 1.60. The summed E-state index contributed by atoms with van der Waals surface area (Å²) in [6.45, 7) is 7.78. The largest absolute Gasteiger partial charge is 0.481 e. The molecule has 2 aromatic carbocycles. The van der Waals surface area contributed by atoms with Crippen molar-refractivity contribution in [2.75, 3.05) is 19.7 Å². The van der Waals surface area contributed by atoms with E-state index in [-0.39, 0.29) is 37.4 Å². The van der Waals surface area contributed by atoms with Crippen LogP contribution in [0.5, 0.6) is 0 Å². The number of carboxylic acid groups (broad SMARTS) is 1. The normalized spacial score (nSPS) is 13.6. The molecule has 3 N–H and O–H groups in total. The number of carbonyl (C=O) groups excluding carboxylic acids is 2. The first-order valence-electron chi connectivity index (χ1n) is 12.3. The number of amides is 2. The van der Waals surface area contributed by atoms with E-state index in [0.717, 1.165) is 22.3 Å². The molecule has 1 aliphatic carbocycles. The molecule has 1 unspecified atom stereocenters. The van der Waals surface area contributed by atoms with Gasteiger partial charge in [0.1, 0.15) is 6.61 Å². The zero-order chi connectivity index (χ0) is 25.6. The highest BCUT2D eigenvalue weighted by Crippen LogP contribution is 2.44. The van der Waals surface area contributed by atoms with E-state index in [2.05, 4.69) is 34.9 Å². The molecule has 0 saturated heterocycles. The first-order chi connectivity index (χ1) is 16.7. The molecule has 35 heavy (non-hydrogen) atoms. The Morgan fingerprint density at radius 3 is 1.97 bits per heavy atom. The second-order valence-electron chi connectivity index (χ2n) is 9.57. The van der Waals surface area contributed by atoms with Crippen LogP contribution in [0.3, 0.4) is 0 Å². The van der Waals surface area contributed by atoms with Crippen molar-refractivity contribution < 1.29 is 24.2 Å². The van der Waals surface area contributed by atoms with Crippen LogP contribution in [-0.4, -0.2) is 42.8 Å². The highest BCUT2D eigenvalue weighted by Gasteiger charge is 2.36. The Hall–Kier alpha value is -3.35. The second kappa shape index (κ2) is 11.4. The molecule has 7 heteroatoms. The van der Waals surface area contributed by atoms with Gasteiger partial charge in [-0.15, -0.1) is 0 Å². The van der Waals surface area contributed by atoms with Crippen molar-refractivity contribution in [1.82, 2.24) is 10.6 Å². The minimum absolute atomic E-state index is 0.0393. The second-order valence-corrected chi connectivity index (χ2v) is 9.57. The van der Waals surface area contributed by atoms with Gasteiger partial charge < -0.3 is 20.5 Å². The highest BCUT2D eigenvalue weighted by atomic mass is 16.5. The van der Waals surface area contributed by atoms with Gasteiger partial charge in [0.2, 0.25) is 5.91 Å². The van der Waals surface area contributed by atoms with E-state index in [1.165, 1.54) is 0 Å². The summed E-state index contributed by atoms with van der Waals surface area (Å²) in [6.07, 6.45) is 0.424. The van der Waals surface area contributed by atoms with Gasteiger partial charge in [-0.2, -0.15) is 0 Å². The lowest BCUT2D eigenvalue weighted by atomic mass is 9.81. The molecule has 3 rings (SSSR count). The molecule has 0 bridgehead atoms. The van der Waals surface area contributed by atoms with Crippen LogP contribution in [0, 0.1) is 17.3 Å². The summed E-state index contributed by atoms with van der Waals surface area (Å²) in [7, 11) is 0. The maximum atomic E-state index is 13.0. The van der Waals surface area contributed by atoms with Gasteiger partial charge in [0.25, 0.3) is 0 Å². The molecular formula is C28H36N2O5. The SMILES string of the molecule is CCC(CC)(CNC(=O)OCC1c2ccccc2-c2ccccc21)C(=O)NCC(C(=O)O)C(C)C. The number of nitrogens with one attached hydrogen (secondary N) is 2. The Labute approximate surface area is 207 Å². The lowest BCUT2D eigenvalue weighted by molar-refractivity contribution is -0.143. The van der Waals surface area contributed by atoms with Crippen molar-refractivity contribution in [1.29, 1.82) is 0 Å². The van der Waals surface area contributed by atoms with E-state index in [0.29, 0.717) is 12.8 Å². The van der Waals surface area contributed by atoms with Crippen molar-refractivity contribution >= 4 is 18.0 Å². The summed E-state index contributed by atoms with van der Waals surface area (Å²) < 4.78 is 5.61. The monoisotopic (exact) mass is 480 g/mol. The number of carboxylic acids is 1. The minimum Gasteiger partial charge on any atom is -0.481 e. The van der Waals surface area contributed by atoms with Crippen molar-refractivity contribution in [2.45, 2.75) is 46.5 Å². The first-order valence-corrected chi connectivity index (χ1v) is 12.3. The molecule has 2 aromatic rings. The molecule has 1 atom stereocenters. The summed E-state index contributed by atoms with van der Waals surface area (Å²) in [6, 6.07) is 16.3. The van der Waals surface area contributed by atoms with E-state index in [1.54, 1.807) is 0 Å². The number of hydrogen-bond acceptors (Lipinski definition) is 4. The van der Waals surface area contributed by atoms with Crippen LogP contribution in [0.15, 0.2) is 48.5 Å². The number of alkyl carbamates (subject to hydrolysis) is 1. The molecule has 7 nitrogen and oxygen atoms in total. The number of ether oxygens (including phenoxy) is 1. The van der Waals surface area contributed by atoms with Gasteiger partial charge in [0, 0.05) is 19.0 Å². The van der Waals surface area contributed by atoms with Gasteiger partial charge in [0.05, 0.1) is 11.3 Å². The molecule has 1 aliphatic rings. The number of fused-ring (bicyclic) bond motifs is 3. The highest BCUT2D eigenvalue weighted by molar-refractivity contribution is 5.84. The molecule has 0 radical (unpaired) electrons. The quantitative estimate of drug-likeness (QED) is 0.428. The fraction of sp³-hybridized carbons (Fsp3) is 0.464. The third kappa shape index (κ3) is 5.66. The van der Waals surface area contributed by atoms with E-state index < -0.39 is 23.4 Å². The van der Waals surface area contributed by atoms with Crippen LogP contribution in [0.2, 0.25) is 0 Å².